The van der Waals surface area contributed by atoms with E-state index < -0.39 is 6.10 Å². The Balaban J connectivity index is 2.60. The fraction of sp³-hybridized carbons (Fsp3) is 0.917. The molecule has 3 nitrogen and oxygen atoms in total. The smallest absolute Gasteiger partial charge is 0.222 e. The first-order chi connectivity index (χ1) is 6.80. The van der Waals surface area contributed by atoms with Gasteiger partial charge in [0.25, 0.3) is 0 Å². The molecule has 1 heterocycles. The van der Waals surface area contributed by atoms with E-state index in [2.05, 4.69) is 20.8 Å². The van der Waals surface area contributed by atoms with Gasteiger partial charge in [-0.25, -0.2) is 0 Å². The number of aliphatic hydroxyl groups is 1. The molecule has 1 saturated heterocycles. The van der Waals surface area contributed by atoms with Crippen LogP contribution < -0.4 is 0 Å². The van der Waals surface area contributed by atoms with Crippen molar-refractivity contribution in [2.45, 2.75) is 46.6 Å². The van der Waals surface area contributed by atoms with Crippen LogP contribution in [0.15, 0.2) is 0 Å². The van der Waals surface area contributed by atoms with Crippen molar-refractivity contribution < 1.29 is 9.90 Å². The molecule has 1 aliphatic rings. The first-order valence-corrected chi connectivity index (χ1v) is 5.76. The predicted octanol–water partition coefficient (Wildman–Crippen LogP) is 1.65. The van der Waals surface area contributed by atoms with Gasteiger partial charge in [0.05, 0.1) is 6.10 Å². The molecule has 0 saturated carbocycles. The standard InChI is InChI=1S/C12H23NO2/c1-9(14)7-13-8-10(12(2,3)4)5-6-11(13)15/h9-10,14H,5-8H2,1-4H3. The highest BCUT2D eigenvalue weighted by molar-refractivity contribution is 5.77. The van der Waals surface area contributed by atoms with Crippen molar-refractivity contribution in [1.29, 1.82) is 0 Å². The molecule has 0 spiro atoms. The van der Waals surface area contributed by atoms with Crippen LogP contribution in [0.4, 0.5) is 0 Å². The normalized spacial score (nSPS) is 25.5. The molecule has 0 aromatic rings. The Morgan fingerprint density at radius 1 is 1.53 bits per heavy atom. The molecule has 1 fully saturated rings. The maximum Gasteiger partial charge on any atom is 0.222 e. The van der Waals surface area contributed by atoms with Gasteiger partial charge in [0, 0.05) is 19.5 Å². The zero-order valence-electron chi connectivity index (χ0n) is 10.3. The van der Waals surface area contributed by atoms with Crippen molar-refractivity contribution in [2.24, 2.45) is 11.3 Å². The average molecular weight is 213 g/mol. The number of likely N-dealkylation sites (tertiary alicyclic amines) is 1. The van der Waals surface area contributed by atoms with Crippen molar-refractivity contribution in [2.75, 3.05) is 13.1 Å². The van der Waals surface area contributed by atoms with E-state index in [1.165, 1.54) is 0 Å². The third kappa shape index (κ3) is 3.49. The lowest BCUT2D eigenvalue weighted by Gasteiger charge is -2.39. The molecule has 2 atom stereocenters. The Morgan fingerprint density at radius 2 is 2.13 bits per heavy atom. The molecule has 88 valence electrons. The first kappa shape index (κ1) is 12.5. The van der Waals surface area contributed by atoms with Gasteiger partial charge in [-0.2, -0.15) is 0 Å². The lowest BCUT2D eigenvalue weighted by molar-refractivity contribution is -0.137. The number of β-amino-alcohol motifs (C(OH)–C–C–N with tert-alkyl or cyclic N) is 1. The Bertz CT molecular complexity index is 230. The number of hydrogen-bond donors (Lipinski definition) is 1. The van der Waals surface area contributed by atoms with E-state index in [0.29, 0.717) is 18.9 Å². The molecule has 0 aromatic heterocycles. The second-order valence-corrected chi connectivity index (χ2v) is 5.75. The number of nitrogens with zero attached hydrogens (tertiary/aromatic N) is 1. The summed E-state index contributed by atoms with van der Waals surface area (Å²) < 4.78 is 0. The Hall–Kier alpha value is -0.570. The number of amides is 1. The van der Waals surface area contributed by atoms with Crippen molar-refractivity contribution in [3.63, 3.8) is 0 Å². The third-order valence-electron chi connectivity index (χ3n) is 3.21. The molecule has 2 unspecified atom stereocenters. The maximum atomic E-state index is 11.6. The van der Waals surface area contributed by atoms with Gasteiger partial charge in [0.2, 0.25) is 5.91 Å². The van der Waals surface area contributed by atoms with E-state index in [1.807, 2.05) is 4.90 Å². The molecule has 0 aromatic carbocycles. The number of piperidine rings is 1. The molecule has 0 radical (unpaired) electrons. The minimum Gasteiger partial charge on any atom is -0.392 e. The van der Waals surface area contributed by atoms with Gasteiger partial charge in [-0.3, -0.25) is 4.79 Å². The van der Waals surface area contributed by atoms with Gasteiger partial charge in [0.15, 0.2) is 0 Å². The Morgan fingerprint density at radius 3 is 2.60 bits per heavy atom. The summed E-state index contributed by atoms with van der Waals surface area (Å²) in [5.41, 5.74) is 0.248. The van der Waals surface area contributed by atoms with Crippen LogP contribution in [0.3, 0.4) is 0 Å². The highest BCUT2D eigenvalue weighted by Gasteiger charge is 2.33. The van der Waals surface area contributed by atoms with Crippen LogP contribution in [-0.4, -0.2) is 35.1 Å². The second kappa shape index (κ2) is 4.52. The monoisotopic (exact) mass is 213 g/mol. The highest BCUT2D eigenvalue weighted by Crippen LogP contribution is 2.33. The minimum absolute atomic E-state index is 0.191. The molecular formula is C12H23NO2. The molecular weight excluding hydrogens is 190 g/mol. The number of carbonyl (C=O) groups is 1. The lowest BCUT2D eigenvalue weighted by atomic mass is 9.76. The minimum atomic E-state index is -0.423. The Kier molecular flexibility index (Phi) is 3.77. The van der Waals surface area contributed by atoms with E-state index in [0.717, 1.165) is 13.0 Å². The molecule has 3 heteroatoms. The van der Waals surface area contributed by atoms with Gasteiger partial charge in [0.1, 0.15) is 0 Å². The summed E-state index contributed by atoms with van der Waals surface area (Å²) in [6.07, 6.45) is 1.19. The molecule has 0 aliphatic carbocycles. The summed E-state index contributed by atoms with van der Waals surface area (Å²) in [5.74, 6) is 0.741. The summed E-state index contributed by atoms with van der Waals surface area (Å²) in [5, 5.41) is 9.32. The molecule has 0 bridgehead atoms. The van der Waals surface area contributed by atoms with E-state index in [9.17, 15) is 9.90 Å². The van der Waals surface area contributed by atoms with Crippen LogP contribution in [0.1, 0.15) is 40.5 Å². The third-order valence-corrected chi connectivity index (χ3v) is 3.21. The van der Waals surface area contributed by atoms with E-state index >= 15 is 0 Å². The van der Waals surface area contributed by atoms with Crippen molar-refractivity contribution in [3.8, 4) is 0 Å². The Labute approximate surface area is 92.5 Å². The van der Waals surface area contributed by atoms with Crippen LogP contribution in [0.25, 0.3) is 0 Å². The maximum absolute atomic E-state index is 11.6. The second-order valence-electron chi connectivity index (χ2n) is 5.75. The van der Waals surface area contributed by atoms with Crippen molar-refractivity contribution in [1.82, 2.24) is 4.90 Å². The van der Waals surface area contributed by atoms with E-state index in [1.54, 1.807) is 6.92 Å². The summed E-state index contributed by atoms with van der Waals surface area (Å²) in [7, 11) is 0. The summed E-state index contributed by atoms with van der Waals surface area (Å²) in [4.78, 5) is 13.4. The van der Waals surface area contributed by atoms with Gasteiger partial charge < -0.3 is 10.0 Å². The van der Waals surface area contributed by atoms with Gasteiger partial charge >= 0.3 is 0 Å². The SMILES string of the molecule is CC(O)CN1CC(C(C)(C)C)CCC1=O. The lowest BCUT2D eigenvalue weighted by Crippen LogP contribution is -2.46. The van der Waals surface area contributed by atoms with Gasteiger partial charge in [-0.05, 0) is 24.7 Å². The largest absolute Gasteiger partial charge is 0.392 e. The van der Waals surface area contributed by atoms with Crippen LogP contribution in [0, 0.1) is 11.3 Å². The van der Waals surface area contributed by atoms with E-state index in [4.69, 9.17) is 0 Å². The van der Waals surface area contributed by atoms with Crippen molar-refractivity contribution in [3.05, 3.63) is 0 Å². The predicted molar refractivity (Wildman–Crippen MR) is 60.4 cm³/mol. The molecule has 1 aliphatic heterocycles. The van der Waals surface area contributed by atoms with Crippen molar-refractivity contribution >= 4 is 5.91 Å². The quantitative estimate of drug-likeness (QED) is 0.757. The van der Waals surface area contributed by atoms with E-state index in [-0.39, 0.29) is 11.3 Å². The number of aliphatic hydroxyl groups excluding tert-OH is 1. The summed E-state index contributed by atoms with van der Waals surface area (Å²) in [6.45, 7) is 9.66. The molecule has 1 amide bonds. The van der Waals surface area contributed by atoms with Gasteiger partial charge in [-0.1, -0.05) is 20.8 Å². The average Bonchev–Trinajstić information content (AvgIpc) is 2.06. The molecule has 1 N–H and O–H groups in total. The molecule has 1 rings (SSSR count). The number of rotatable bonds is 2. The van der Waals surface area contributed by atoms with Crippen LogP contribution in [-0.2, 0) is 4.79 Å². The fourth-order valence-electron chi connectivity index (χ4n) is 2.12. The summed E-state index contributed by atoms with van der Waals surface area (Å²) in [6, 6.07) is 0. The van der Waals surface area contributed by atoms with Crippen LogP contribution in [0.5, 0.6) is 0 Å². The molecule has 15 heavy (non-hydrogen) atoms. The number of carbonyl (C=O) groups excluding carboxylic acids is 1. The summed E-state index contributed by atoms with van der Waals surface area (Å²) >= 11 is 0. The highest BCUT2D eigenvalue weighted by atomic mass is 16.3. The zero-order chi connectivity index (χ0) is 11.6. The van der Waals surface area contributed by atoms with Crippen LogP contribution in [0.2, 0.25) is 0 Å². The van der Waals surface area contributed by atoms with Crippen LogP contribution >= 0.6 is 0 Å². The zero-order valence-corrected chi connectivity index (χ0v) is 10.3. The fourth-order valence-corrected chi connectivity index (χ4v) is 2.12. The van der Waals surface area contributed by atoms with Gasteiger partial charge in [-0.15, -0.1) is 0 Å². The number of hydrogen-bond acceptors (Lipinski definition) is 2. The first-order valence-electron chi connectivity index (χ1n) is 5.76. The topological polar surface area (TPSA) is 40.5 Å².